The lowest BCUT2D eigenvalue weighted by atomic mass is 10.1. The molecule has 1 saturated heterocycles. The van der Waals surface area contributed by atoms with Crippen LogP contribution >= 0.6 is 11.8 Å². The predicted octanol–water partition coefficient (Wildman–Crippen LogP) is 1.58. The Labute approximate surface area is 119 Å². The number of nitrogens with zero attached hydrogens (tertiary/aromatic N) is 1. The number of hydrogen-bond donors (Lipinski definition) is 1. The summed E-state index contributed by atoms with van der Waals surface area (Å²) in [4.78, 5) is 0.405. The van der Waals surface area contributed by atoms with Crippen LogP contribution in [-0.4, -0.2) is 37.3 Å². The van der Waals surface area contributed by atoms with Crippen molar-refractivity contribution in [2.75, 3.05) is 24.6 Å². The highest BCUT2D eigenvalue weighted by Crippen LogP contribution is 2.23. The average Bonchev–Trinajstić information content (AvgIpc) is 2.68. The first kappa shape index (κ1) is 14.8. The molecule has 0 radical (unpaired) electrons. The van der Waals surface area contributed by atoms with Crippen molar-refractivity contribution >= 4 is 21.8 Å². The van der Waals surface area contributed by atoms with Crippen molar-refractivity contribution in [3.05, 3.63) is 29.3 Å². The summed E-state index contributed by atoms with van der Waals surface area (Å²) < 4.78 is 27.0. The van der Waals surface area contributed by atoms with Gasteiger partial charge in [0.15, 0.2) is 0 Å². The van der Waals surface area contributed by atoms with Gasteiger partial charge in [-0.15, -0.1) is 0 Å². The van der Waals surface area contributed by atoms with E-state index in [9.17, 15) is 8.42 Å². The van der Waals surface area contributed by atoms with E-state index in [0.717, 1.165) is 29.1 Å². The summed E-state index contributed by atoms with van der Waals surface area (Å²) in [5.74, 6) is 1.91. The second-order valence-electron chi connectivity index (χ2n) is 4.67. The molecule has 1 fully saturated rings. The highest BCUT2D eigenvalue weighted by atomic mass is 32.2. The number of benzene rings is 1. The third-order valence-corrected chi connectivity index (χ3v) is 6.38. The largest absolute Gasteiger partial charge is 0.326 e. The number of thioether (sulfide) groups is 1. The summed E-state index contributed by atoms with van der Waals surface area (Å²) in [6.45, 7) is 3.40. The Bertz CT molecular complexity index is 536. The van der Waals surface area contributed by atoms with Crippen LogP contribution in [-0.2, 0) is 16.6 Å². The van der Waals surface area contributed by atoms with Crippen molar-refractivity contribution in [1.82, 2.24) is 4.31 Å². The van der Waals surface area contributed by atoms with Gasteiger partial charge in [-0.25, -0.2) is 8.42 Å². The first-order valence-electron chi connectivity index (χ1n) is 6.43. The molecule has 0 spiro atoms. The first-order chi connectivity index (χ1) is 9.05. The van der Waals surface area contributed by atoms with E-state index in [0.29, 0.717) is 24.5 Å². The molecule has 1 heterocycles. The Morgan fingerprint density at radius 3 is 2.84 bits per heavy atom. The molecule has 0 saturated carbocycles. The highest BCUT2D eigenvalue weighted by Gasteiger charge is 2.26. The van der Waals surface area contributed by atoms with Crippen molar-refractivity contribution in [2.45, 2.75) is 24.8 Å². The Hall–Kier alpha value is -0.560. The lowest BCUT2D eigenvalue weighted by Crippen LogP contribution is -2.33. The van der Waals surface area contributed by atoms with Gasteiger partial charge in [-0.3, -0.25) is 0 Å². The Morgan fingerprint density at radius 1 is 1.32 bits per heavy atom. The minimum absolute atomic E-state index is 0.360. The summed E-state index contributed by atoms with van der Waals surface area (Å²) in [5, 5.41) is 0. The van der Waals surface area contributed by atoms with Crippen molar-refractivity contribution in [3.63, 3.8) is 0 Å². The van der Waals surface area contributed by atoms with E-state index in [2.05, 4.69) is 0 Å². The van der Waals surface area contributed by atoms with Crippen LogP contribution in [0.25, 0.3) is 0 Å². The van der Waals surface area contributed by atoms with Crippen LogP contribution in [0.3, 0.4) is 0 Å². The van der Waals surface area contributed by atoms with Gasteiger partial charge in [-0.1, -0.05) is 12.1 Å². The summed E-state index contributed by atoms with van der Waals surface area (Å²) in [6.07, 6.45) is 0.916. The van der Waals surface area contributed by atoms with E-state index in [1.54, 1.807) is 10.4 Å². The zero-order valence-corrected chi connectivity index (χ0v) is 12.8. The minimum Gasteiger partial charge on any atom is -0.326 e. The maximum absolute atomic E-state index is 12.7. The fraction of sp³-hybridized carbons (Fsp3) is 0.538. The molecule has 0 bridgehead atoms. The summed E-state index contributed by atoms with van der Waals surface area (Å²) in [7, 11) is -3.38. The van der Waals surface area contributed by atoms with Crippen LogP contribution in [0, 0.1) is 6.92 Å². The minimum atomic E-state index is -3.38. The highest BCUT2D eigenvalue weighted by molar-refractivity contribution is 7.99. The van der Waals surface area contributed by atoms with Crippen molar-refractivity contribution in [2.24, 2.45) is 5.73 Å². The molecule has 0 atom stereocenters. The first-order valence-corrected chi connectivity index (χ1v) is 9.02. The van der Waals surface area contributed by atoms with E-state index >= 15 is 0 Å². The number of hydrogen-bond acceptors (Lipinski definition) is 4. The van der Waals surface area contributed by atoms with Gasteiger partial charge in [0.2, 0.25) is 10.0 Å². The molecule has 106 valence electrons. The summed E-state index contributed by atoms with van der Waals surface area (Å²) in [6, 6.07) is 5.43. The molecular weight excluding hydrogens is 280 g/mol. The topological polar surface area (TPSA) is 63.4 Å². The van der Waals surface area contributed by atoms with Crippen molar-refractivity contribution in [3.8, 4) is 0 Å². The SMILES string of the molecule is Cc1ccc(CN)cc1S(=O)(=O)N1CCCSCC1. The van der Waals surface area contributed by atoms with Gasteiger partial charge >= 0.3 is 0 Å². The predicted molar refractivity (Wildman–Crippen MR) is 79.8 cm³/mol. The van der Waals surface area contributed by atoms with Gasteiger partial charge in [0.25, 0.3) is 0 Å². The maximum Gasteiger partial charge on any atom is 0.243 e. The Balaban J connectivity index is 2.37. The lowest BCUT2D eigenvalue weighted by molar-refractivity contribution is 0.434. The normalized spacial score (nSPS) is 18.2. The van der Waals surface area contributed by atoms with E-state index in [4.69, 9.17) is 5.73 Å². The van der Waals surface area contributed by atoms with Gasteiger partial charge in [0.1, 0.15) is 0 Å². The molecule has 1 aromatic rings. The van der Waals surface area contributed by atoms with Gasteiger partial charge in [-0.05, 0) is 36.3 Å². The molecule has 4 nitrogen and oxygen atoms in total. The quantitative estimate of drug-likeness (QED) is 0.920. The Kier molecular flexibility index (Phi) is 4.89. The fourth-order valence-corrected chi connectivity index (χ4v) is 4.91. The number of nitrogens with two attached hydrogens (primary N) is 1. The van der Waals surface area contributed by atoms with Crippen LogP contribution in [0.1, 0.15) is 17.5 Å². The van der Waals surface area contributed by atoms with Gasteiger partial charge in [-0.2, -0.15) is 16.1 Å². The van der Waals surface area contributed by atoms with E-state index < -0.39 is 10.0 Å². The molecule has 0 unspecified atom stereocenters. The van der Waals surface area contributed by atoms with Crippen LogP contribution in [0.4, 0.5) is 0 Å². The summed E-state index contributed by atoms with van der Waals surface area (Å²) >= 11 is 1.82. The Morgan fingerprint density at radius 2 is 2.11 bits per heavy atom. The average molecular weight is 300 g/mol. The monoisotopic (exact) mass is 300 g/mol. The van der Waals surface area contributed by atoms with E-state index in [1.165, 1.54) is 0 Å². The third-order valence-electron chi connectivity index (χ3n) is 3.29. The van der Waals surface area contributed by atoms with Gasteiger partial charge in [0, 0.05) is 25.4 Å². The molecular formula is C13H20N2O2S2. The van der Waals surface area contributed by atoms with E-state index in [1.807, 2.05) is 30.8 Å². The molecule has 2 rings (SSSR count). The second kappa shape index (κ2) is 6.26. The zero-order chi connectivity index (χ0) is 13.9. The number of rotatable bonds is 3. The molecule has 0 aromatic heterocycles. The molecule has 1 aromatic carbocycles. The molecule has 0 aliphatic carbocycles. The van der Waals surface area contributed by atoms with Gasteiger partial charge < -0.3 is 5.73 Å². The molecule has 1 aliphatic rings. The fourth-order valence-electron chi connectivity index (χ4n) is 2.15. The smallest absolute Gasteiger partial charge is 0.243 e. The number of aryl methyl sites for hydroxylation is 1. The standard InChI is InChI=1S/C13H20N2O2S2/c1-11-3-4-12(10-14)9-13(11)19(16,17)15-5-2-7-18-8-6-15/h3-4,9H,2,5-8,10,14H2,1H3. The molecule has 1 aliphatic heterocycles. The number of sulfonamides is 1. The van der Waals surface area contributed by atoms with E-state index in [-0.39, 0.29) is 0 Å². The molecule has 6 heteroatoms. The second-order valence-corrected chi connectivity index (χ2v) is 7.81. The third kappa shape index (κ3) is 3.31. The maximum atomic E-state index is 12.7. The molecule has 19 heavy (non-hydrogen) atoms. The van der Waals surface area contributed by atoms with Crippen LogP contribution in [0.15, 0.2) is 23.1 Å². The van der Waals surface area contributed by atoms with Crippen molar-refractivity contribution < 1.29 is 8.42 Å². The van der Waals surface area contributed by atoms with Crippen LogP contribution < -0.4 is 5.73 Å². The summed E-state index contributed by atoms with van der Waals surface area (Å²) in [5.41, 5.74) is 7.24. The van der Waals surface area contributed by atoms with Gasteiger partial charge in [0.05, 0.1) is 4.90 Å². The van der Waals surface area contributed by atoms with Crippen molar-refractivity contribution in [1.29, 1.82) is 0 Å². The van der Waals surface area contributed by atoms with Crippen LogP contribution in [0.2, 0.25) is 0 Å². The van der Waals surface area contributed by atoms with Crippen LogP contribution in [0.5, 0.6) is 0 Å². The molecule has 2 N–H and O–H groups in total. The lowest BCUT2D eigenvalue weighted by Gasteiger charge is -2.21. The molecule has 0 amide bonds. The zero-order valence-electron chi connectivity index (χ0n) is 11.1.